The molecule has 0 amide bonds. The first-order valence-corrected chi connectivity index (χ1v) is 1.68. The number of rotatable bonds is 1. The molecule has 0 heterocycles. The second-order valence-electron chi connectivity index (χ2n) is 0.478. The maximum absolute atomic E-state index is 9.27. The predicted molar refractivity (Wildman–Crippen MR) is 24.2 cm³/mol. The fourth-order valence-corrected chi connectivity index (χ4v) is 0.105. The van der Waals surface area contributed by atoms with Gasteiger partial charge < -0.3 is 0 Å². The molecule has 0 saturated heterocycles. The van der Waals surface area contributed by atoms with Gasteiger partial charge in [0.05, 0.1) is 0 Å². The largest absolute Gasteiger partial charge is 0.299 e. The van der Waals surface area contributed by atoms with Gasteiger partial charge in [0.15, 0.2) is 0 Å². The van der Waals surface area contributed by atoms with Crippen LogP contribution in [0.4, 0.5) is 0 Å². The standard InChI is InChI=1S/C3H4OS/c4-2-1-3-5/h1-3,5H/b3-1+. The molecular formula is C3H4OS. The molecule has 0 spiro atoms. The van der Waals surface area contributed by atoms with Crippen molar-refractivity contribution >= 4 is 18.9 Å². The molecule has 28 valence electrons. The van der Waals surface area contributed by atoms with Crippen LogP contribution in [0.3, 0.4) is 0 Å². The topological polar surface area (TPSA) is 17.1 Å². The van der Waals surface area contributed by atoms with Gasteiger partial charge in [-0.25, -0.2) is 0 Å². The SMILES string of the molecule is O=C/C=C/S. The Labute approximate surface area is 36.1 Å². The number of thiol groups is 1. The zero-order valence-electron chi connectivity index (χ0n) is 2.59. The molecule has 0 fully saturated rings. The average molecular weight is 88.1 g/mol. The maximum atomic E-state index is 9.27. The fraction of sp³-hybridized carbons (Fsp3) is 0. The summed E-state index contributed by atoms with van der Waals surface area (Å²) in [6.07, 6.45) is 1.98. The summed E-state index contributed by atoms with van der Waals surface area (Å²) in [5, 5.41) is 1.38. The number of aldehydes is 1. The van der Waals surface area contributed by atoms with Crippen molar-refractivity contribution in [3.63, 3.8) is 0 Å². The highest BCUT2D eigenvalue weighted by Crippen LogP contribution is 1.67. The van der Waals surface area contributed by atoms with Crippen molar-refractivity contribution in [1.82, 2.24) is 0 Å². The molecule has 0 aromatic carbocycles. The number of hydrogen-bond acceptors (Lipinski definition) is 2. The Morgan fingerprint density at radius 1 is 1.60 bits per heavy atom. The summed E-state index contributed by atoms with van der Waals surface area (Å²) in [5.41, 5.74) is 0. The average Bonchev–Trinajstić information content (AvgIpc) is 1.41. The molecule has 0 saturated carbocycles. The summed E-state index contributed by atoms with van der Waals surface area (Å²) in [6, 6.07) is 0. The van der Waals surface area contributed by atoms with Gasteiger partial charge in [-0.15, -0.1) is 0 Å². The highest BCUT2D eigenvalue weighted by Gasteiger charge is 1.48. The third-order valence-electron chi connectivity index (χ3n) is 0.165. The van der Waals surface area contributed by atoms with Crippen molar-refractivity contribution in [2.24, 2.45) is 0 Å². The van der Waals surface area contributed by atoms with Crippen LogP contribution >= 0.6 is 12.6 Å². The first-order valence-electron chi connectivity index (χ1n) is 1.16. The number of allylic oxidation sites excluding steroid dienone is 1. The lowest BCUT2D eigenvalue weighted by atomic mass is 10.7. The summed E-state index contributed by atoms with van der Waals surface area (Å²) < 4.78 is 0. The van der Waals surface area contributed by atoms with Crippen molar-refractivity contribution in [1.29, 1.82) is 0 Å². The summed E-state index contributed by atoms with van der Waals surface area (Å²) >= 11 is 3.59. The minimum atomic E-state index is 0.674. The minimum absolute atomic E-state index is 0.674. The Kier molecular flexibility index (Phi) is 3.58. The quantitative estimate of drug-likeness (QED) is 0.282. The summed E-state index contributed by atoms with van der Waals surface area (Å²) in [7, 11) is 0. The van der Waals surface area contributed by atoms with E-state index in [9.17, 15) is 4.79 Å². The number of carbonyl (C=O) groups is 1. The van der Waals surface area contributed by atoms with Gasteiger partial charge in [0.25, 0.3) is 0 Å². The van der Waals surface area contributed by atoms with Crippen LogP contribution in [0.2, 0.25) is 0 Å². The van der Waals surface area contributed by atoms with E-state index < -0.39 is 0 Å². The Hall–Kier alpha value is -0.240. The number of carbonyl (C=O) groups excluding carboxylic acids is 1. The molecule has 0 aliphatic rings. The summed E-state index contributed by atoms with van der Waals surface area (Å²) in [4.78, 5) is 9.27. The normalized spacial score (nSPS) is 9.00. The van der Waals surface area contributed by atoms with Crippen LogP contribution in [0.25, 0.3) is 0 Å². The third-order valence-corrected chi connectivity index (χ3v) is 0.337. The van der Waals surface area contributed by atoms with Crippen molar-refractivity contribution in [3.8, 4) is 0 Å². The van der Waals surface area contributed by atoms with Gasteiger partial charge in [-0.2, -0.15) is 12.6 Å². The van der Waals surface area contributed by atoms with Crippen molar-refractivity contribution in [3.05, 3.63) is 11.5 Å². The van der Waals surface area contributed by atoms with Crippen molar-refractivity contribution < 1.29 is 4.79 Å². The molecule has 5 heavy (non-hydrogen) atoms. The lowest BCUT2D eigenvalue weighted by Gasteiger charge is -1.50. The van der Waals surface area contributed by atoms with Gasteiger partial charge >= 0.3 is 0 Å². The zero-order valence-corrected chi connectivity index (χ0v) is 3.48. The molecule has 0 atom stereocenters. The van der Waals surface area contributed by atoms with Gasteiger partial charge in [-0.1, -0.05) is 0 Å². The smallest absolute Gasteiger partial charge is 0.143 e. The Morgan fingerprint density at radius 3 is 2.20 bits per heavy atom. The molecule has 2 heteroatoms. The van der Waals surface area contributed by atoms with Crippen LogP contribution in [0, 0.1) is 0 Å². The van der Waals surface area contributed by atoms with Crippen molar-refractivity contribution in [2.75, 3.05) is 0 Å². The zero-order chi connectivity index (χ0) is 4.12. The van der Waals surface area contributed by atoms with Crippen LogP contribution in [0.15, 0.2) is 11.5 Å². The monoisotopic (exact) mass is 88.0 g/mol. The maximum Gasteiger partial charge on any atom is 0.143 e. The second-order valence-corrected chi connectivity index (χ2v) is 0.776. The van der Waals surface area contributed by atoms with Gasteiger partial charge in [0, 0.05) is 0 Å². The highest BCUT2D eigenvalue weighted by molar-refractivity contribution is 7.83. The third kappa shape index (κ3) is 3.76. The van der Waals surface area contributed by atoms with E-state index in [-0.39, 0.29) is 0 Å². The first-order chi connectivity index (χ1) is 2.41. The Morgan fingerprint density at radius 2 is 2.20 bits per heavy atom. The fourth-order valence-electron chi connectivity index (χ4n) is 0.0351. The van der Waals surface area contributed by atoms with E-state index in [0.29, 0.717) is 6.29 Å². The molecule has 0 bridgehead atoms. The molecule has 1 nitrogen and oxygen atoms in total. The van der Waals surface area contributed by atoms with Crippen LogP contribution in [0.1, 0.15) is 0 Å². The van der Waals surface area contributed by atoms with E-state index in [0.717, 1.165) is 0 Å². The van der Waals surface area contributed by atoms with Crippen LogP contribution in [-0.4, -0.2) is 6.29 Å². The van der Waals surface area contributed by atoms with Crippen LogP contribution in [-0.2, 0) is 4.79 Å². The summed E-state index contributed by atoms with van der Waals surface area (Å²) in [5.74, 6) is 0. The van der Waals surface area contributed by atoms with Crippen LogP contribution < -0.4 is 0 Å². The molecule has 0 aliphatic heterocycles. The van der Waals surface area contributed by atoms with E-state index in [1.165, 1.54) is 11.5 Å². The van der Waals surface area contributed by atoms with E-state index in [4.69, 9.17) is 0 Å². The molecule has 0 aromatic rings. The van der Waals surface area contributed by atoms with Gasteiger partial charge in [0.1, 0.15) is 6.29 Å². The molecule has 0 rings (SSSR count). The highest BCUT2D eigenvalue weighted by atomic mass is 32.1. The first kappa shape index (κ1) is 4.76. The molecule has 0 aromatic heterocycles. The Bertz CT molecular complexity index is 48.9. The molecule has 0 radical (unpaired) electrons. The van der Waals surface area contributed by atoms with E-state index in [2.05, 4.69) is 12.6 Å². The van der Waals surface area contributed by atoms with E-state index in [1.807, 2.05) is 0 Å². The van der Waals surface area contributed by atoms with Crippen LogP contribution in [0.5, 0.6) is 0 Å². The lowest BCUT2D eigenvalue weighted by molar-refractivity contribution is -0.104. The van der Waals surface area contributed by atoms with Crippen molar-refractivity contribution in [2.45, 2.75) is 0 Å². The minimum Gasteiger partial charge on any atom is -0.299 e. The molecule has 0 unspecified atom stereocenters. The lowest BCUT2D eigenvalue weighted by Crippen LogP contribution is -1.48. The molecule has 0 N–H and O–H groups in total. The molecule has 0 aliphatic carbocycles. The van der Waals surface area contributed by atoms with E-state index >= 15 is 0 Å². The number of hydrogen-bond donors (Lipinski definition) is 1. The Balaban J connectivity index is 2.92. The summed E-state index contributed by atoms with van der Waals surface area (Å²) in [6.45, 7) is 0. The van der Waals surface area contributed by atoms with Gasteiger partial charge in [-0.3, -0.25) is 4.79 Å². The van der Waals surface area contributed by atoms with E-state index in [1.54, 1.807) is 0 Å². The van der Waals surface area contributed by atoms with Gasteiger partial charge in [0.2, 0.25) is 0 Å². The second kappa shape index (κ2) is 3.76. The van der Waals surface area contributed by atoms with Gasteiger partial charge in [-0.05, 0) is 11.5 Å². The molecular weight excluding hydrogens is 84.1 g/mol. The predicted octanol–water partition coefficient (Wildman–Crippen LogP) is 0.629.